The van der Waals surface area contributed by atoms with Crippen LogP contribution in [0.1, 0.15) is 48.0 Å². The molecule has 28 heavy (non-hydrogen) atoms. The van der Waals surface area contributed by atoms with E-state index in [4.69, 9.17) is 0 Å². The molecule has 1 fully saturated rings. The SMILES string of the molecule is O=C(NCCCC(=O)N1CCC[C@@H]1c1nc2ccccc2[nH]1)c1cnccn1. The number of hydrogen-bond donors (Lipinski definition) is 2. The summed E-state index contributed by atoms with van der Waals surface area (Å²) in [5.74, 6) is 0.668. The molecule has 3 aromatic rings. The first kappa shape index (κ1) is 18.1. The van der Waals surface area contributed by atoms with Gasteiger partial charge in [0, 0.05) is 31.9 Å². The van der Waals surface area contributed by atoms with Gasteiger partial charge in [0.15, 0.2) is 0 Å². The molecule has 1 saturated heterocycles. The van der Waals surface area contributed by atoms with Gasteiger partial charge >= 0.3 is 0 Å². The first-order valence-corrected chi connectivity index (χ1v) is 9.51. The molecule has 2 amide bonds. The van der Waals surface area contributed by atoms with Crippen LogP contribution in [0.5, 0.6) is 0 Å². The lowest BCUT2D eigenvalue weighted by molar-refractivity contribution is -0.132. The number of carbonyl (C=O) groups is 2. The van der Waals surface area contributed by atoms with Crippen LogP contribution in [0.3, 0.4) is 0 Å². The summed E-state index contributed by atoms with van der Waals surface area (Å²) in [4.78, 5) is 42.4. The van der Waals surface area contributed by atoms with Crippen molar-refractivity contribution in [3.05, 3.63) is 54.4 Å². The van der Waals surface area contributed by atoms with Crippen molar-refractivity contribution < 1.29 is 9.59 Å². The molecule has 4 rings (SSSR count). The van der Waals surface area contributed by atoms with E-state index in [0.29, 0.717) is 19.4 Å². The Morgan fingerprint density at radius 3 is 2.96 bits per heavy atom. The van der Waals surface area contributed by atoms with E-state index < -0.39 is 0 Å². The third-order valence-corrected chi connectivity index (χ3v) is 4.95. The van der Waals surface area contributed by atoms with Gasteiger partial charge in [-0.05, 0) is 31.4 Å². The van der Waals surface area contributed by atoms with E-state index in [2.05, 4.69) is 25.3 Å². The van der Waals surface area contributed by atoms with Crippen LogP contribution in [-0.4, -0.2) is 49.7 Å². The van der Waals surface area contributed by atoms with Crippen molar-refractivity contribution in [2.24, 2.45) is 0 Å². The minimum absolute atomic E-state index is 0.00548. The lowest BCUT2D eigenvalue weighted by Crippen LogP contribution is -2.32. The average Bonchev–Trinajstić information content (AvgIpc) is 3.38. The molecule has 0 spiro atoms. The average molecular weight is 378 g/mol. The Balaban J connectivity index is 1.30. The van der Waals surface area contributed by atoms with Gasteiger partial charge in [0.1, 0.15) is 11.5 Å². The molecule has 3 heterocycles. The molecule has 0 aliphatic carbocycles. The van der Waals surface area contributed by atoms with Crippen LogP contribution in [0, 0.1) is 0 Å². The van der Waals surface area contributed by atoms with Crippen molar-refractivity contribution in [3.63, 3.8) is 0 Å². The largest absolute Gasteiger partial charge is 0.351 e. The van der Waals surface area contributed by atoms with Crippen LogP contribution in [0.2, 0.25) is 0 Å². The number of aromatic amines is 1. The van der Waals surface area contributed by atoms with Crippen molar-refractivity contribution in [2.75, 3.05) is 13.1 Å². The van der Waals surface area contributed by atoms with Gasteiger partial charge in [-0.15, -0.1) is 0 Å². The molecule has 8 nitrogen and oxygen atoms in total. The number of carbonyl (C=O) groups excluding carboxylic acids is 2. The Morgan fingerprint density at radius 2 is 2.14 bits per heavy atom. The summed E-state index contributed by atoms with van der Waals surface area (Å²) in [6, 6.07) is 7.88. The highest BCUT2D eigenvalue weighted by atomic mass is 16.2. The van der Waals surface area contributed by atoms with Gasteiger partial charge in [0.25, 0.3) is 5.91 Å². The monoisotopic (exact) mass is 378 g/mol. The molecule has 1 atom stereocenters. The molecular weight excluding hydrogens is 356 g/mol. The molecule has 8 heteroatoms. The minimum atomic E-state index is -0.276. The first-order valence-electron chi connectivity index (χ1n) is 9.51. The number of rotatable bonds is 6. The third-order valence-electron chi connectivity index (χ3n) is 4.95. The van der Waals surface area contributed by atoms with E-state index in [1.54, 1.807) is 0 Å². The standard InChI is InChI=1S/C20H22N6O2/c27-18(8-3-9-23-20(28)16-13-21-10-11-22-16)26-12-4-7-17(26)19-24-14-5-1-2-6-15(14)25-19/h1-2,5-6,10-11,13,17H,3-4,7-9,12H2,(H,23,28)(H,24,25)/t17-/m1/s1. The number of imidazole rings is 1. The lowest BCUT2D eigenvalue weighted by atomic mass is 10.2. The minimum Gasteiger partial charge on any atom is -0.351 e. The van der Waals surface area contributed by atoms with Gasteiger partial charge in [-0.25, -0.2) is 9.97 Å². The summed E-state index contributed by atoms with van der Waals surface area (Å²) in [7, 11) is 0. The van der Waals surface area contributed by atoms with Gasteiger partial charge in [-0.3, -0.25) is 14.6 Å². The third kappa shape index (κ3) is 3.85. The number of likely N-dealkylation sites (tertiary alicyclic amines) is 1. The number of nitrogens with zero attached hydrogens (tertiary/aromatic N) is 4. The number of benzene rings is 1. The second-order valence-corrected chi connectivity index (χ2v) is 6.83. The molecule has 1 aliphatic rings. The number of para-hydroxylation sites is 2. The molecule has 144 valence electrons. The topological polar surface area (TPSA) is 104 Å². The quantitative estimate of drug-likeness (QED) is 0.640. The van der Waals surface area contributed by atoms with Crippen LogP contribution < -0.4 is 5.32 Å². The number of hydrogen-bond acceptors (Lipinski definition) is 5. The molecule has 0 radical (unpaired) electrons. The second kappa shape index (κ2) is 8.16. The van der Waals surface area contributed by atoms with Crippen molar-refractivity contribution in [1.82, 2.24) is 30.2 Å². The molecule has 0 saturated carbocycles. The Labute approximate surface area is 162 Å². The molecule has 1 aliphatic heterocycles. The fourth-order valence-corrected chi connectivity index (χ4v) is 3.57. The summed E-state index contributed by atoms with van der Waals surface area (Å²) >= 11 is 0. The highest BCUT2D eigenvalue weighted by molar-refractivity contribution is 5.91. The van der Waals surface area contributed by atoms with E-state index >= 15 is 0 Å². The van der Waals surface area contributed by atoms with Gasteiger partial charge in [-0.1, -0.05) is 12.1 Å². The Hall–Kier alpha value is -3.29. The van der Waals surface area contributed by atoms with Crippen molar-refractivity contribution in [1.29, 1.82) is 0 Å². The van der Waals surface area contributed by atoms with Crippen molar-refractivity contribution in [3.8, 4) is 0 Å². The number of nitrogens with one attached hydrogen (secondary N) is 2. The number of amides is 2. The zero-order valence-corrected chi connectivity index (χ0v) is 15.5. The summed E-state index contributed by atoms with van der Waals surface area (Å²) < 4.78 is 0. The van der Waals surface area contributed by atoms with Crippen LogP contribution in [0.4, 0.5) is 0 Å². The Kier molecular flexibility index (Phi) is 5.27. The number of H-pyrrole nitrogens is 1. The van der Waals surface area contributed by atoms with E-state index in [9.17, 15) is 9.59 Å². The van der Waals surface area contributed by atoms with E-state index in [-0.39, 0.29) is 23.6 Å². The zero-order chi connectivity index (χ0) is 19.3. The van der Waals surface area contributed by atoms with Crippen LogP contribution in [0.15, 0.2) is 42.9 Å². The second-order valence-electron chi connectivity index (χ2n) is 6.83. The molecule has 2 N–H and O–H groups in total. The van der Waals surface area contributed by atoms with Gasteiger partial charge in [0.2, 0.25) is 5.91 Å². The highest BCUT2D eigenvalue weighted by Crippen LogP contribution is 2.31. The van der Waals surface area contributed by atoms with Gasteiger partial charge in [-0.2, -0.15) is 0 Å². The Morgan fingerprint density at radius 1 is 1.25 bits per heavy atom. The summed E-state index contributed by atoms with van der Waals surface area (Å²) in [5, 5.41) is 2.77. The maximum absolute atomic E-state index is 12.7. The number of aromatic nitrogens is 4. The van der Waals surface area contributed by atoms with Crippen molar-refractivity contribution in [2.45, 2.75) is 31.7 Å². The molecule has 1 aromatic carbocycles. The summed E-state index contributed by atoms with van der Waals surface area (Å²) in [5.41, 5.74) is 2.19. The van der Waals surface area contributed by atoms with Gasteiger partial charge in [0.05, 0.1) is 23.3 Å². The maximum Gasteiger partial charge on any atom is 0.271 e. The fourth-order valence-electron chi connectivity index (χ4n) is 3.57. The van der Waals surface area contributed by atoms with Gasteiger partial charge < -0.3 is 15.2 Å². The van der Waals surface area contributed by atoms with Crippen LogP contribution in [0.25, 0.3) is 11.0 Å². The number of fused-ring (bicyclic) bond motifs is 1. The van der Waals surface area contributed by atoms with E-state index in [1.807, 2.05) is 29.2 Å². The van der Waals surface area contributed by atoms with Crippen LogP contribution in [-0.2, 0) is 4.79 Å². The van der Waals surface area contributed by atoms with E-state index in [1.165, 1.54) is 18.6 Å². The smallest absolute Gasteiger partial charge is 0.271 e. The lowest BCUT2D eigenvalue weighted by Gasteiger charge is -2.23. The summed E-state index contributed by atoms with van der Waals surface area (Å²) in [6.07, 6.45) is 7.26. The van der Waals surface area contributed by atoms with Crippen molar-refractivity contribution >= 4 is 22.8 Å². The normalized spacial score (nSPS) is 16.4. The first-order chi connectivity index (χ1) is 13.7. The molecule has 2 aromatic heterocycles. The Bertz CT molecular complexity index is 938. The van der Waals surface area contributed by atoms with E-state index in [0.717, 1.165) is 36.2 Å². The zero-order valence-electron chi connectivity index (χ0n) is 15.5. The fraction of sp³-hybridized carbons (Fsp3) is 0.350. The molecular formula is C20H22N6O2. The molecule has 0 unspecified atom stereocenters. The predicted molar refractivity (Wildman–Crippen MR) is 103 cm³/mol. The predicted octanol–water partition coefficient (Wildman–Crippen LogP) is 2.23. The van der Waals surface area contributed by atoms with Crippen LogP contribution >= 0.6 is 0 Å². The maximum atomic E-state index is 12.7. The highest BCUT2D eigenvalue weighted by Gasteiger charge is 2.31. The molecule has 0 bridgehead atoms. The summed E-state index contributed by atoms with van der Waals surface area (Å²) in [6.45, 7) is 1.16.